The molecule has 0 spiro atoms. The Kier molecular flexibility index (Phi) is 9.04. The van der Waals surface area contributed by atoms with Crippen LogP contribution in [0.1, 0.15) is 19.7 Å². The van der Waals surface area contributed by atoms with Gasteiger partial charge in [-0.1, -0.05) is 13.8 Å². The number of likely N-dealkylation sites (N-methyl/N-ethyl adjacent to an activating group) is 1. The molecule has 0 fully saturated rings. The lowest BCUT2D eigenvalue weighted by molar-refractivity contribution is -0.141. The van der Waals surface area contributed by atoms with Gasteiger partial charge in [0, 0.05) is 32.6 Å². The maximum absolute atomic E-state index is 13.2. The average molecular weight is 489 g/mol. The number of anilines is 2. The molecule has 3 N–H and O–H groups in total. The van der Waals surface area contributed by atoms with Crippen LogP contribution in [0.5, 0.6) is 0 Å². The Bertz CT molecular complexity index is 1090. The number of rotatable bonds is 11. The number of halogens is 3. The zero-order valence-electron chi connectivity index (χ0n) is 19.6. The van der Waals surface area contributed by atoms with Crippen LogP contribution in [-0.2, 0) is 29.2 Å². The second-order valence-corrected chi connectivity index (χ2v) is 8.29. The second kappa shape index (κ2) is 11.3. The molecule has 0 saturated carbocycles. The van der Waals surface area contributed by atoms with Gasteiger partial charge in [-0.15, -0.1) is 0 Å². The molecule has 0 atom stereocenters. The number of methoxy groups -OCH3 is 1. The fourth-order valence-electron chi connectivity index (χ4n) is 3.37. The highest BCUT2D eigenvalue weighted by molar-refractivity contribution is 5.96. The summed E-state index contributed by atoms with van der Waals surface area (Å²) in [6.07, 6.45) is -1.96. The number of nitrogen functional groups attached to an aromatic ring is 1. The van der Waals surface area contributed by atoms with E-state index in [-0.39, 0.29) is 56.0 Å². The number of aromatic amines is 1. The van der Waals surface area contributed by atoms with E-state index >= 15 is 0 Å². The van der Waals surface area contributed by atoms with Crippen molar-refractivity contribution in [3.05, 3.63) is 39.1 Å². The third-order valence-electron chi connectivity index (χ3n) is 4.82. The Labute approximate surface area is 193 Å². The fourth-order valence-corrected chi connectivity index (χ4v) is 3.37. The lowest BCUT2D eigenvalue weighted by atomic mass is 10.2. The van der Waals surface area contributed by atoms with E-state index in [1.54, 1.807) is 0 Å². The van der Waals surface area contributed by atoms with Gasteiger partial charge in [0.05, 0.1) is 19.7 Å². The number of nitrogens with zero attached hydrogens (tertiary/aromatic N) is 5. The number of imidazole rings is 1. The predicted octanol–water partition coefficient (Wildman–Crippen LogP) is 0.645. The summed E-state index contributed by atoms with van der Waals surface area (Å²) in [6, 6.07) is 0. The van der Waals surface area contributed by atoms with Crippen molar-refractivity contribution >= 4 is 17.4 Å². The molecule has 11 nitrogen and oxygen atoms in total. The number of nitrogens with two attached hydrogens (primary N) is 1. The van der Waals surface area contributed by atoms with E-state index in [9.17, 15) is 27.6 Å². The number of H-pyrrole nitrogens is 1. The Morgan fingerprint density at radius 3 is 2.59 bits per heavy atom. The van der Waals surface area contributed by atoms with Gasteiger partial charge in [0.25, 0.3) is 5.56 Å². The van der Waals surface area contributed by atoms with E-state index in [1.165, 1.54) is 36.0 Å². The summed E-state index contributed by atoms with van der Waals surface area (Å²) in [5.74, 6) is -0.553. The van der Waals surface area contributed by atoms with Gasteiger partial charge in [-0.2, -0.15) is 13.2 Å². The normalized spacial score (nSPS) is 12.0. The quantitative estimate of drug-likeness (QED) is 0.474. The molecule has 2 heterocycles. The highest BCUT2D eigenvalue weighted by Gasteiger charge is 2.29. The smallest absolute Gasteiger partial charge is 0.383 e. The van der Waals surface area contributed by atoms with Gasteiger partial charge in [0.2, 0.25) is 5.91 Å². The monoisotopic (exact) mass is 489 g/mol. The molecule has 0 radical (unpaired) electrons. The molecule has 2 aromatic rings. The largest absolute Gasteiger partial charge is 0.406 e. The minimum atomic E-state index is -4.42. The lowest BCUT2D eigenvalue weighted by Crippen LogP contribution is -2.46. The molecule has 0 aromatic carbocycles. The van der Waals surface area contributed by atoms with E-state index in [0.29, 0.717) is 0 Å². The molecule has 1 amide bonds. The van der Waals surface area contributed by atoms with Crippen LogP contribution in [0.15, 0.2) is 22.0 Å². The lowest BCUT2D eigenvalue weighted by Gasteiger charge is -2.27. The maximum Gasteiger partial charge on any atom is 0.406 e. The summed E-state index contributed by atoms with van der Waals surface area (Å²) in [4.78, 5) is 46.7. The number of alkyl halides is 3. The zero-order valence-corrected chi connectivity index (χ0v) is 19.6. The summed E-state index contributed by atoms with van der Waals surface area (Å²) in [5, 5.41) is 0. The molecular weight excluding hydrogens is 459 g/mol. The number of carbonyl (C=O) groups excluding carboxylic acids is 1. The first-order valence-electron chi connectivity index (χ1n) is 10.5. The second-order valence-electron chi connectivity index (χ2n) is 8.29. The Balaban J connectivity index is 2.30. The van der Waals surface area contributed by atoms with Gasteiger partial charge in [-0.3, -0.25) is 24.0 Å². The van der Waals surface area contributed by atoms with Crippen molar-refractivity contribution in [2.24, 2.45) is 5.92 Å². The standard InChI is InChI=1S/C20H30F3N7O4/c1-13(2)9-30-17(24)16(18(32)26-19(30)33)29(7-8-34-4)15(31)11-27(3)10-14-25-5-6-28(14)12-20(21,22)23/h5-6,13H,7-12,24H2,1-4H3,(H,26,32,33). The number of nitrogens with one attached hydrogen (secondary N) is 1. The predicted molar refractivity (Wildman–Crippen MR) is 119 cm³/mol. The van der Waals surface area contributed by atoms with Crippen LogP contribution < -0.4 is 21.9 Å². The number of aromatic nitrogens is 4. The van der Waals surface area contributed by atoms with E-state index in [2.05, 4.69) is 9.97 Å². The van der Waals surface area contributed by atoms with Gasteiger partial charge in [0.1, 0.15) is 18.2 Å². The molecule has 0 aliphatic carbocycles. The first kappa shape index (κ1) is 27.1. The molecule has 0 unspecified atom stereocenters. The van der Waals surface area contributed by atoms with Crippen molar-refractivity contribution in [3.8, 4) is 0 Å². The molecule has 14 heteroatoms. The molecular formula is C20H30F3N7O4. The molecule has 34 heavy (non-hydrogen) atoms. The zero-order chi connectivity index (χ0) is 25.6. The topological polar surface area (TPSA) is 131 Å². The van der Waals surface area contributed by atoms with E-state index in [4.69, 9.17) is 10.5 Å². The molecule has 0 aliphatic rings. The van der Waals surface area contributed by atoms with Crippen molar-refractivity contribution in [2.45, 2.75) is 39.7 Å². The Morgan fingerprint density at radius 2 is 2.00 bits per heavy atom. The van der Waals surface area contributed by atoms with Crippen LogP contribution in [0.4, 0.5) is 24.7 Å². The number of hydrogen-bond acceptors (Lipinski definition) is 7. The summed E-state index contributed by atoms with van der Waals surface area (Å²) in [6.45, 7) is 2.49. The molecule has 190 valence electrons. The van der Waals surface area contributed by atoms with E-state index in [0.717, 1.165) is 9.47 Å². The third-order valence-corrected chi connectivity index (χ3v) is 4.82. The van der Waals surface area contributed by atoms with Gasteiger partial charge in [0.15, 0.2) is 5.69 Å². The van der Waals surface area contributed by atoms with Gasteiger partial charge in [-0.25, -0.2) is 9.78 Å². The van der Waals surface area contributed by atoms with E-state index in [1.807, 2.05) is 13.8 Å². The summed E-state index contributed by atoms with van der Waals surface area (Å²) >= 11 is 0. The number of amides is 1. The number of hydrogen-bond donors (Lipinski definition) is 2. The molecule has 2 aromatic heterocycles. The fraction of sp³-hybridized carbons (Fsp3) is 0.600. The minimum Gasteiger partial charge on any atom is -0.383 e. The summed E-state index contributed by atoms with van der Waals surface area (Å²) in [7, 11) is 2.95. The van der Waals surface area contributed by atoms with Crippen LogP contribution in [0.2, 0.25) is 0 Å². The van der Waals surface area contributed by atoms with E-state index < -0.39 is 29.9 Å². The average Bonchev–Trinajstić information content (AvgIpc) is 3.11. The highest BCUT2D eigenvalue weighted by atomic mass is 19.4. The summed E-state index contributed by atoms with van der Waals surface area (Å²) in [5.41, 5.74) is 4.44. The molecule has 0 aliphatic heterocycles. The van der Waals surface area contributed by atoms with Gasteiger partial charge in [-0.05, 0) is 13.0 Å². The van der Waals surface area contributed by atoms with Crippen molar-refractivity contribution in [3.63, 3.8) is 0 Å². The number of carbonyl (C=O) groups is 1. The van der Waals surface area contributed by atoms with Crippen molar-refractivity contribution < 1.29 is 22.7 Å². The highest BCUT2D eigenvalue weighted by Crippen LogP contribution is 2.20. The van der Waals surface area contributed by atoms with Crippen LogP contribution in [-0.4, -0.2) is 69.9 Å². The Morgan fingerprint density at radius 1 is 1.32 bits per heavy atom. The molecule has 0 bridgehead atoms. The number of ether oxygens (including phenoxy) is 1. The van der Waals surface area contributed by atoms with Crippen molar-refractivity contribution in [1.82, 2.24) is 24.0 Å². The van der Waals surface area contributed by atoms with Crippen molar-refractivity contribution in [2.75, 3.05) is 44.5 Å². The third kappa shape index (κ3) is 7.18. The molecule has 0 saturated heterocycles. The molecule has 2 rings (SSSR count). The van der Waals surface area contributed by atoms with Crippen LogP contribution >= 0.6 is 0 Å². The first-order chi connectivity index (χ1) is 15.8. The summed E-state index contributed by atoms with van der Waals surface area (Å²) < 4.78 is 45.5. The SMILES string of the molecule is COCCN(C(=O)CN(C)Cc1nccn1CC(F)(F)F)c1c(N)n(CC(C)C)c(=O)[nH]c1=O. The van der Waals surface area contributed by atoms with Gasteiger partial charge >= 0.3 is 11.9 Å². The first-order valence-corrected chi connectivity index (χ1v) is 10.5. The maximum atomic E-state index is 13.2. The van der Waals surface area contributed by atoms with Crippen LogP contribution in [0.3, 0.4) is 0 Å². The minimum absolute atomic E-state index is 0.0287. The van der Waals surface area contributed by atoms with Gasteiger partial charge < -0.3 is 19.9 Å². The van der Waals surface area contributed by atoms with Crippen molar-refractivity contribution in [1.29, 1.82) is 0 Å². The Hall–Kier alpha value is -3.13. The van der Waals surface area contributed by atoms with Crippen LogP contribution in [0, 0.1) is 5.92 Å². The van der Waals surface area contributed by atoms with Crippen LogP contribution in [0.25, 0.3) is 0 Å².